The SMILES string of the molecule is CCNC(=NCc1nc(C)c(C)s1)Nc1ccc(OC)c(OC)c1. The van der Waals surface area contributed by atoms with Crippen molar-refractivity contribution in [2.75, 3.05) is 26.1 Å². The molecule has 0 aliphatic heterocycles. The van der Waals surface area contributed by atoms with Gasteiger partial charge in [-0.25, -0.2) is 9.98 Å². The van der Waals surface area contributed by atoms with Gasteiger partial charge in [0.25, 0.3) is 0 Å². The van der Waals surface area contributed by atoms with Crippen LogP contribution in [-0.4, -0.2) is 31.7 Å². The Morgan fingerprint density at radius 1 is 1.21 bits per heavy atom. The van der Waals surface area contributed by atoms with Crippen molar-refractivity contribution >= 4 is 23.0 Å². The maximum atomic E-state index is 5.33. The molecule has 2 rings (SSSR count). The third kappa shape index (κ3) is 4.61. The van der Waals surface area contributed by atoms with Crippen LogP contribution in [0.5, 0.6) is 11.5 Å². The van der Waals surface area contributed by atoms with Crippen LogP contribution in [0.3, 0.4) is 0 Å². The summed E-state index contributed by atoms with van der Waals surface area (Å²) in [5.74, 6) is 2.07. The lowest BCUT2D eigenvalue weighted by Gasteiger charge is -2.13. The van der Waals surface area contributed by atoms with Crippen molar-refractivity contribution in [3.63, 3.8) is 0 Å². The van der Waals surface area contributed by atoms with E-state index in [1.807, 2.05) is 32.0 Å². The quantitative estimate of drug-likeness (QED) is 0.619. The van der Waals surface area contributed by atoms with Crippen molar-refractivity contribution in [2.24, 2.45) is 4.99 Å². The number of aliphatic imine (C=N–C) groups is 1. The fourth-order valence-corrected chi connectivity index (χ4v) is 2.97. The molecule has 2 N–H and O–H groups in total. The molecule has 0 saturated carbocycles. The lowest BCUT2D eigenvalue weighted by Crippen LogP contribution is -2.30. The molecular formula is C17H24N4O2S. The normalized spacial score (nSPS) is 11.3. The molecule has 0 fully saturated rings. The van der Waals surface area contributed by atoms with Crippen LogP contribution in [0.2, 0.25) is 0 Å². The van der Waals surface area contributed by atoms with Crippen LogP contribution in [-0.2, 0) is 6.54 Å². The number of nitrogens with zero attached hydrogens (tertiary/aromatic N) is 2. The second-order valence-electron chi connectivity index (χ2n) is 5.14. The molecule has 24 heavy (non-hydrogen) atoms. The zero-order valence-corrected chi connectivity index (χ0v) is 15.6. The second kappa shape index (κ2) is 8.54. The summed E-state index contributed by atoms with van der Waals surface area (Å²) in [5.41, 5.74) is 1.95. The van der Waals surface area contributed by atoms with Gasteiger partial charge in [-0.3, -0.25) is 0 Å². The molecule has 130 valence electrons. The molecule has 1 aromatic carbocycles. The van der Waals surface area contributed by atoms with E-state index in [0.717, 1.165) is 22.9 Å². The Hall–Kier alpha value is -2.28. The first-order valence-electron chi connectivity index (χ1n) is 7.77. The van der Waals surface area contributed by atoms with Crippen LogP contribution < -0.4 is 20.1 Å². The first kappa shape index (κ1) is 18.1. The van der Waals surface area contributed by atoms with E-state index < -0.39 is 0 Å². The summed E-state index contributed by atoms with van der Waals surface area (Å²) in [6, 6.07) is 5.66. The van der Waals surface area contributed by atoms with Gasteiger partial charge in [0.05, 0.1) is 26.5 Å². The molecular weight excluding hydrogens is 324 g/mol. The van der Waals surface area contributed by atoms with E-state index in [2.05, 4.69) is 27.5 Å². The predicted molar refractivity (Wildman–Crippen MR) is 99.6 cm³/mol. The summed E-state index contributed by atoms with van der Waals surface area (Å²) >= 11 is 1.68. The van der Waals surface area contributed by atoms with Gasteiger partial charge in [0.2, 0.25) is 0 Å². The van der Waals surface area contributed by atoms with Gasteiger partial charge >= 0.3 is 0 Å². The predicted octanol–water partition coefficient (Wildman–Crippen LogP) is 3.35. The number of ether oxygens (including phenoxy) is 2. The minimum Gasteiger partial charge on any atom is -0.493 e. The molecule has 0 atom stereocenters. The van der Waals surface area contributed by atoms with E-state index >= 15 is 0 Å². The Kier molecular flexibility index (Phi) is 6.43. The molecule has 2 aromatic rings. The number of aryl methyl sites for hydroxylation is 2. The Balaban J connectivity index is 2.14. The Bertz CT molecular complexity index is 693. The number of rotatable bonds is 6. The summed E-state index contributed by atoms with van der Waals surface area (Å²) < 4.78 is 10.6. The van der Waals surface area contributed by atoms with Crippen LogP contribution in [0.1, 0.15) is 22.5 Å². The minimum atomic E-state index is 0.544. The summed E-state index contributed by atoms with van der Waals surface area (Å²) in [4.78, 5) is 10.4. The van der Waals surface area contributed by atoms with Crippen LogP contribution in [0.15, 0.2) is 23.2 Å². The molecule has 7 heteroatoms. The molecule has 1 heterocycles. The van der Waals surface area contributed by atoms with Crippen molar-refractivity contribution in [3.05, 3.63) is 33.8 Å². The monoisotopic (exact) mass is 348 g/mol. The average molecular weight is 348 g/mol. The standard InChI is InChI=1S/C17H24N4O2S/c1-6-18-17(19-10-16-20-11(2)12(3)24-16)21-13-7-8-14(22-4)15(9-13)23-5/h7-9H,6,10H2,1-5H3,(H2,18,19,21). The molecule has 0 amide bonds. The number of thiazole rings is 1. The smallest absolute Gasteiger partial charge is 0.196 e. The van der Waals surface area contributed by atoms with Crippen molar-refractivity contribution < 1.29 is 9.47 Å². The molecule has 0 radical (unpaired) electrons. The summed E-state index contributed by atoms with van der Waals surface area (Å²) in [5, 5.41) is 7.52. The van der Waals surface area contributed by atoms with Crippen LogP contribution in [0.25, 0.3) is 0 Å². The number of nitrogens with one attached hydrogen (secondary N) is 2. The van der Waals surface area contributed by atoms with Crippen LogP contribution in [0.4, 0.5) is 5.69 Å². The molecule has 1 aromatic heterocycles. The maximum absolute atomic E-state index is 5.33. The van der Waals surface area contributed by atoms with Crippen LogP contribution in [0, 0.1) is 13.8 Å². The van der Waals surface area contributed by atoms with E-state index in [1.165, 1.54) is 4.88 Å². The van der Waals surface area contributed by atoms with Crippen LogP contribution >= 0.6 is 11.3 Å². The highest BCUT2D eigenvalue weighted by Gasteiger charge is 2.07. The molecule has 0 saturated heterocycles. The van der Waals surface area contributed by atoms with Gasteiger partial charge in [-0.15, -0.1) is 11.3 Å². The molecule has 6 nitrogen and oxygen atoms in total. The zero-order valence-electron chi connectivity index (χ0n) is 14.8. The average Bonchev–Trinajstić information content (AvgIpc) is 2.91. The highest BCUT2D eigenvalue weighted by atomic mass is 32.1. The van der Waals surface area contributed by atoms with E-state index in [-0.39, 0.29) is 0 Å². The second-order valence-corrected chi connectivity index (χ2v) is 6.43. The fraction of sp³-hybridized carbons (Fsp3) is 0.412. The number of benzene rings is 1. The van der Waals surface area contributed by atoms with Crippen molar-refractivity contribution in [1.29, 1.82) is 0 Å². The largest absolute Gasteiger partial charge is 0.493 e. The van der Waals surface area contributed by atoms with E-state index in [1.54, 1.807) is 25.6 Å². The topological polar surface area (TPSA) is 67.8 Å². The highest BCUT2D eigenvalue weighted by molar-refractivity contribution is 7.11. The van der Waals surface area contributed by atoms with E-state index in [9.17, 15) is 0 Å². The first-order chi connectivity index (χ1) is 11.6. The molecule has 0 bridgehead atoms. The fourth-order valence-electron chi connectivity index (χ4n) is 2.11. The Morgan fingerprint density at radius 3 is 2.54 bits per heavy atom. The summed E-state index contributed by atoms with van der Waals surface area (Å²) in [6.07, 6.45) is 0. The molecule has 0 spiro atoms. The van der Waals surface area contributed by atoms with Gasteiger partial charge in [-0.1, -0.05) is 0 Å². The number of guanidine groups is 1. The number of hydrogen-bond acceptors (Lipinski definition) is 5. The highest BCUT2D eigenvalue weighted by Crippen LogP contribution is 2.29. The van der Waals surface area contributed by atoms with E-state index in [4.69, 9.17) is 9.47 Å². The van der Waals surface area contributed by atoms with Crippen molar-refractivity contribution in [2.45, 2.75) is 27.3 Å². The molecule has 0 aliphatic carbocycles. The van der Waals surface area contributed by atoms with Gasteiger partial charge in [0.1, 0.15) is 5.01 Å². The third-order valence-corrected chi connectivity index (χ3v) is 4.49. The van der Waals surface area contributed by atoms with Gasteiger partial charge < -0.3 is 20.1 Å². The number of hydrogen-bond donors (Lipinski definition) is 2. The first-order valence-corrected chi connectivity index (χ1v) is 8.59. The van der Waals surface area contributed by atoms with Gasteiger partial charge in [0.15, 0.2) is 17.5 Å². The Labute approximate surface area is 146 Å². The van der Waals surface area contributed by atoms with Gasteiger partial charge in [0, 0.05) is 23.2 Å². The summed E-state index contributed by atoms with van der Waals surface area (Å²) in [7, 11) is 3.24. The lowest BCUT2D eigenvalue weighted by molar-refractivity contribution is 0.355. The van der Waals surface area contributed by atoms with Crippen molar-refractivity contribution in [3.8, 4) is 11.5 Å². The number of anilines is 1. The zero-order chi connectivity index (χ0) is 17.5. The summed E-state index contributed by atoms with van der Waals surface area (Å²) in [6.45, 7) is 7.44. The molecule has 0 aliphatic rings. The van der Waals surface area contributed by atoms with E-state index in [0.29, 0.717) is 24.0 Å². The Morgan fingerprint density at radius 2 is 1.96 bits per heavy atom. The van der Waals surface area contributed by atoms with Crippen molar-refractivity contribution in [1.82, 2.24) is 10.3 Å². The maximum Gasteiger partial charge on any atom is 0.196 e. The van der Waals surface area contributed by atoms with Gasteiger partial charge in [-0.05, 0) is 32.9 Å². The number of aromatic nitrogens is 1. The lowest BCUT2D eigenvalue weighted by atomic mass is 10.3. The van der Waals surface area contributed by atoms with Gasteiger partial charge in [-0.2, -0.15) is 0 Å². The number of methoxy groups -OCH3 is 2. The minimum absolute atomic E-state index is 0.544. The molecule has 0 unspecified atom stereocenters. The third-order valence-electron chi connectivity index (χ3n) is 3.44.